The molecule has 2 aromatic rings. The highest BCUT2D eigenvalue weighted by Crippen LogP contribution is 2.44. The number of alkyl halides is 2. The van der Waals surface area contributed by atoms with Crippen molar-refractivity contribution in [3.8, 4) is 11.1 Å². The van der Waals surface area contributed by atoms with E-state index in [-0.39, 0.29) is 18.9 Å². The van der Waals surface area contributed by atoms with Crippen LogP contribution in [0.5, 0.6) is 0 Å². The Labute approximate surface area is 195 Å². The Kier molecular flexibility index (Phi) is 7.09. The fraction of sp³-hybridized carbons (Fsp3) is 0.400. The number of nitrogens with zero attached hydrogens (tertiary/aromatic N) is 1. The van der Waals surface area contributed by atoms with E-state index in [9.17, 15) is 23.2 Å². The number of rotatable bonds is 8. The molecule has 1 aliphatic carbocycles. The minimum Gasteiger partial charge on any atom is -0.481 e. The van der Waals surface area contributed by atoms with E-state index in [2.05, 4.69) is 5.32 Å². The smallest absolute Gasteiger partial charge is 0.407 e. The number of hydrogen-bond acceptors (Lipinski definition) is 4. The van der Waals surface area contributed by atoms with E-state index in [1.807, 2.05) is 48.5 Å². The summed E-state index contributed by atoms with van der Waals surface area (Å²) in [5.41, 5.74) is 4.08. The van der Waals surface area contributed by atoms with Crippen LogP contribution in [0, 0.1) is 0 Å². The first-order valence-corrected chi connectivity index (χ1v) is 11.3. The van der Waals surface area contributed by atoms with Crippen LogP contribution in [0.2, 0.25) is 0 Å². The SMILES string of the molecule is O=C(O)C[C@@H]1CCCN1C(=O)CC(NC(=O)OCC1c2ccccc2-c2ccccc21)C(F)F. The topological polar surface area (TPSA) is 95.9 Å². The molecule has 2 aliphatic rings. The number of carboxylic acids is 1. The van der Waals surface area contributed by atoms with E-state index in [1.165, 1.54) is 4.90 Å². The van der Waals surface area contributed by atoms with Crippen molar-refractivity contribution in [2.24, 2.45) is 0 Å². The highest BCUT2D eigenvalue weighted by molar-refractivity contribution is 5.80. The number of hydrogen-bond donors (Lipinski definition) is 2. The Balaban J connectivity index is 1.37. The molecule has 180 valence electrons. The molecule has 1 unspecified atom stereocenters. The van der Waals surface area contributed by atoms with Gasteiger partial charge in [-0.2, -0.15) is 0 Å². The third kappa shape index (κ3) is 5.03. The molecule has 0 saturated carbocycles. The first-order valence-electron chi connectivity index (χ1n) is 11.3. The summed E-state index contributed by atoms with van der Waals surface area (Å²) in [7, 11) is 0. The van der Waals surface area contributed by atoms with E-state index >= 15 is 0 Å². The molecule has 2 atom stereocenters. The number of nitrogens with one attached hydrogen (secondary N) is 1. The van der Waals surface area contributed by atoms with Crippen LogP contribution in [-0.4, -0.2) is 59.6 Å². The fourth-order valence-corrected chi connectivity index (χ4v) is 4.88. The van der Waals surface area contributed by atoms with E-state index in [4.69, 9.17) is 9.84 Å². The van der Waals surface area contributed by atoms with Gasteiger partial charge < -0.3 is 20.1 Å². The van der Waals surface area contributed by atoms with Gasteiger partial charge in [0.25, 0.3) is 6.43 Å². The summed E-state index contributed by atoms with van der Waals surface area (Å²) < 4.78 is 32.5. The zero-order chi connectivity index (χ0) is 24.2. The van der Waals surface area contributed by atoms with Crippen molar-refractivity contribution < 1.29 is 33.0 Å². The van der Waals surface area contributed by atoms with Crippen LogP contribution >= 0.6 is 0 Å². The van der Waals surface area contributed by atoms with Crippen LogP contribution in [-0.2, 0) is 14.3 Å². The van der Waals surface area contributed by atoms with Crippen molar-refractivity contribution in [1.82, 2.24) is 10.2 Å². The largest absolute Gasteiger partial charge is 0.481 e. The number of likely N-dealkylation sites (tertiary alicyclic amines) is 1. The Morgan fingerprint density at radius 3 is 2.26 bits per heavy atom. The number of carbonyl (C=O) groups is 3. The molecule has 1 heterocycles. The summed E-state index contributed by atoms with van der Waals surface area (Å²) in [6.07, 6.45) is -3.74. The summed E-state index contributed by atoms with van der Waals surface area (Å²) in [4.78, 5) is 37.3. The number of carboxylic acid groups (broad SMARTS) is 1. The quantitative estimate of drug-likeness (QED) is 0.605. The van der Waals surface area contributed by atoms with E-state index in [1.54, 1.807) is 0 Å². The van der Waals surface area contributed by atoms with Gasteiger partial charge in [0, 0.05) is 18.5 Å². The number of carbonyl (C=O) groups excluding carboxylic acids is 2. The molecule has 0 bridgehead atoms. The van der Waals surface area contributed by atoms with Crippen molar-refractivity contribution >= 4 is 18.0 Å². The minimum absolute atomic E-state index is 0.0312. The fourth-order valence-electron chi connectivity index (χ4n) is 4.88. The van der Waals surface area contributed by atoms with Gasteiger partial charge in [-0.3, -0.25) is 9.59 Å². The Hall–Kier alpha value is -3.49. The molecule has 1 saturated heterocycles. The molecule has 34 heavy (non-hydrogen) atoms. The van der Waals surface area contributed by atoms with E-state index in [0.717, 1.165) is 22.3 Å². The van der Waals surface area contributed by atoms with Gasteiger partial charge in [-0.25, -0.2) is 13.6 Å². The van der Waals surface area contributed by atoms with Gasteiger partial charge in [0.15, 0.2) is 0 Å². The molecule has 1 aliphatic heterocycles. The normalized spacial score (nSPS) is 17.9. The number of benzene rings is 2. The average molecular weight is 472 g/mol. The number of fused-ring (bicyclic) bond motifs is 3. The maximum Gasteiger partial charge on any atom is 0.407 e. The first-order chi connectivity index (χ1) is 16.3. The summed E-state index contributed by atoms with van der Waals surface area (Å²) >= 11 is 0. The van der Waals surface area contributed by atoms with Gasteiger partial charge in [0.1, 0.15) is 12.6 Å². The number of alkyl carbamates (subject to hydrolysis) is 1. The first kappa shape index (κ1) is 23.7. The highest BCUT2D eigenvalue weighted by atomic mass is 19.3. The second-order valence-corrected chi connectivity index (χ2v) is 8.60. The number of amides is 2. The van der Waals surface area contributed by atoms with Gasteiger partial charge in [0.2, 0.25) is 5.91 Å². The van der Waals surface area contributed by atoms with Crippen molar-refractivity contribution in [2.45, 2.75) is 50.1 Å². The molecule has 0 spiro atoms. The van der Waals surface area contributed by atoms with Crippen molar-refractivity contribution in [1.29, 1.82) is 0 Å². The monoisotopic (exact) mass is 472 g/mol. The predicted octanol–water partition coefficient (Wildman–Crippen LogP) is 4.01. The standard InChI is InChI=1S/C25H26F2N2O5/c26-24(27)21(13-22(30)29-11-5-6-15(29)12-23(31)32)28-25(33)34-14-20-18-9-3-1-7-16(18)17-8-2-4-10-19(17)20/h1-4,7-10,15,20-21,24H,5-6,11-14H2,(H,28,33)(H,31,32)/t15-,21?/m0/s1. The lowest BCUT2D eigenvalue weighted by molar-refractivity contribution is -0.140. The Morgan fingerprint density at radius 1 is 1.06 bits per heavy atom. The lowest BCUT2D eigenvalue weighted by atomic mass is 9.98. The molecule has 0 aromatic heterocycles. The summed E-state index contributed by atoms with van der Waals surface area (Å²) in [6.45, 7) is 0.286. The van der Waals surface area contributed by atoms with Crippen LogP contribution < -0.4 is 5.32 Å². The van der Waals surface area contributed by atoms with E-state index < -0.39 is 42.9 Å². The molecule has 7 nitrogen and oxygen atoms in total. The summed E-state index contributed by atoms with van der Waals surface area (Å²) in [6, 6.07) is 13.3. The lowest BCUT2D eigenvalue weighted by Crippen LogP contribution is -2.46. The third-order valence-electron chi connectivity index (χ3n) is 6.45. The minimum atomic E-state index is -2.98. The zero-order valence-electron chi connectivity index (χ0n) is 18.5. The molecule has 1 fully saturated rings. The third-order valence-corrected chi connectivity index (χ3v) is 6.45. The summed E-state index contributed by atoms with van der Waals surface area (Å²) in [5, 5.41) is 11.1. The number of aliphatic carboxylic acids is 1. The Bertz CT molecular complexity index is 1030. The van der Waals surface area contributed by atoms with Crippen molar-refractivity contribution in [3.05, 3.63) is 59.7 Å². The van der Waals surface area contributed by atoms with Gasteiger partial charge in [-0.15, -0.1) is 0 Å². The van der Waals surface area contributed by atoms with Gasteiger partial charge in [0.05, 0.1) is 12.8 Å². The maximum atomic E-state index is 13.6. The molecular weight excluding hydrogens is 446 g/mol. The number of halogens is 2. The van der Waals surface area contributed by atoms with Gasteiger partial charge >= 0.3 is 12.1 Å². The second kappa shape index (κ2) is 10.2. The van der Waals surface area contributed by atoms with Gasteiger partial charge in [-0.1, -0.05) is 48.5 Å². The van der Waals surface area contributed by atoms with Crippen LogP contribution in [0.15, 0.2) is 48.5 Å². The maximum absolute atomic E-state index is 13.6. The Morgan fingerprint density at radius 2 is 1.68 bits per heavy atom. The molecule has 0 radical (unpaired) electrons. The zero-order valence-corrected chi connectivity index (χ0v) is 18.5. The molecule has 9 heteroatoms. The molecule has 4 rings (SSSR count). The van der Waals surface area contributed by atoms with Gasteiger partial charge in [-0.05, 0) is 35.1 Å². The average Bonchev–Trinajstić information content (AvgIpc) is 3.39. The highest BCUT2D eigenvalue weighted by Gasteiger charge is 2.35. The molecule has 2 aromatic carbocycles. The van der Waals surface area contributed by atoms with Crippen molar-refractivity contribution in [3.63, 3.8) is 0 Å². The van der Waals surface area contributed by atoms with Crippen LogP contribution in [0.1, 0.15) is 42.7 Å². The van der Waals surface area contributed by atoms with Crippen LogP contribution in [0.4, 0.5) is 13.6 Å². The van der Waals surface area contributed by atoms with Crippen molar-refractivity contribution in [2.75, 3.05) is 13.2 Å². The van der Waals surface area contributed by atoms with Crippen LogP contribution in [0.3, 0.4) is 0 Å². The second-order valence-electron chi connectivity index (χ2n) is 8.60. The van der Waals surface area contributed by atoms with Crippen LogP contribution in [0.25, 0.3) is 11.1 Å². The summed E-state index contributed by atoms with van der Waals surface area (Å²) in [5.74, 6) is -1.87. The molecule has 2 amide bonds. The predicted molar refractivity (Wildman–Crippen MR) is 120 cm³/mol. The molecular formula is C25H26F2N2O5. The lowest BCUT2D eigenvalue weighted by Gasteiger charge is -2.26. The molecule has 2 N–H and O–H groups in total. The van der Waals surface area contributed by atoms with E-state index in [0.29, 0.717) is 19.4 Å². The number of ether oxygens (including phenoxy) is 1.